The SMILES string of the molecule is COc1cccc(CN(C)C(=O)c2ccc(NC(=O)c3cccs3)cc2)c1. The molecular weight excluding hydrogens is 360 g/mol. The Hall–Kier alpha value is -3.12. The van der Waals surface area contributed by atoms with E-state index in [9.17, 15) is 9.59 Å². The molecule has 0 radical (unpaired) electrons. The summed E-state index contributed by atoms with van der Waals surface area (Å²) < 4.78 is 5.22. The highest BCUT2D eigenvalue weighted by Crippen LogP contribution is 2.17. The zero-order valence-corrected chi connectivity index (χ0v) is 16.0. The Morgan fingerprint density at radius 3 is 2.52 bits per heavy atom. The van der Waals surface area contributed by atoms with E-state index in [0.717, 1.165) is 11.3 Å². The molecule has 0 aliphatic carbocycles. The van der Waals surface area contributed by atoms with Gasteiger partial charge in [0, 0.05) is 24.8 Å². The molecule has 3 rings (SSSR count). The van der Waals surface area contributed by atoms with Gasteiger partial charge in [0.25, 0.3) is 11.8 Å². The first-order valence-corrected chi connectivity index (χ1v) is 9.28. The molecule has 0 aliphatic heterocycles. The fourth-order valence-corrected chi connectivity index (χ4v) is 3.25. The van der Waals surface area contributed by atoms with Crippen LogP contribution in [-0.4, -0.2) is 30.9 Å². The van der Waals surface area contributed by atoms with Crippen LogP contribution in [0.1, 0.15) is 25.6 Å². The fourth-order valence-electron chi connectivity index (χ4n) is 2.63. The van der Waals surface area contributed by atoms with Gasteiger partial charge in [0.15, 0.2) is 0 Å². The van der Waals surface area contributed by atoms with Gasteiger partial charge >= 0.3 is 0 Å². The Bertz CT molecular complexity index is 921. The number of carbonyl (C=O) groups excluding carboxylic acids is 2. The van der Waals surface area contributed by atoms with E-state index in [1.54, 1.807) is 49.4 Å². The number of benzene rings is 2. The molecular formula is C21H20N2O3S. The third-order valence-corrected chi connectivity index (χ3v) is 4.90. The number of hydrogen-bond donors (Lipinski definition) is 1. The second kappa shape index (κ2) is 8.51. The highest BCUT2D eigenvalue weighted by Gasteiger charge is 2.13. The summed E-state index contributed by atoms with van der Waals surface area (Å²) in [5.74, 6) is 0.521. The lowest BCUT2D eigenvalue weighted by Gasteiger charge is -2.18. The first-order valence-electron chi connectivity index (χ1n) is 8.40. The number of nitrogens with one attached hydrogen (secondary N) is 1. The fraction of sp³-hybridized carbons (Fsp3) is 0.143. The van der Waals surface area contributed by atoms with E-state index in [-0.39, 0.29) is 11.8 Å². The van der Waals surface area contributed by atoms with Crippen LogP contribution in [0.5, 0.6) is 5.75 Å². The van der Waals surface area contributed by atoms with Crippen molar-refractivity contribution in [3.63, 3.8) is 0 Å². The molecule has 5 nitrogen and oxygen atoms in total. The van der Waals surface area contributed by atoms with Crippen molar-refractivity contribution >= 4 is 28.8 Å². The quantitative estimate of drug-likeness (QED) is 0.694. The molecule has 0 unspecified atom stereocenters. The zero-order chi connectivity index (χ0) is 19.2. The molecule has 27 heavy (non-hydrogen) atoms. The number of amides is 2. The molecule has 1 aromatic heterocycles. The predicted octanol–water partition coefficient (Wildman–Crippen LogP) is 4.28. The lowest BCUT2D eigenvalue weighted by Crippen LogP contribution is -2.26. The molecule has 6 heteroatoms. The molecule has 1 heterocycles. The number of ether oxygens (including phenoxy) is 1. The van der Waals surface area contributed by atoms with Gasteiger partial charge in [-0.2, -0.15) is 0 Å². The highest BCUT2D eigenvalue weighted by molar-refractivity contribution is 7.12. The van der Waals surface area contributed by atoms with Crippen molar-refractivity contribution in [3.05, 3.63) is 82.0 Å². The van der Waals surface area contributed by atoms with Crippen molar-refractivity contribution < 1.29 is 14.3 Å². The molecule has 2 amide bonds. The van der Waals surface area contributed by atoms with Crippen molar-refractivity contribution in [1.82, 2.24) is 4.90 Å². The summed E-state index contributed by atoms with van der Waals surface area (Å²) >= 11 is 1.38. The third-order valence-electron chi connectivity index (χ3n) is 4.04. The van der Waals surface area contributed by atoms with E-state index >= 15 is 0 Å². The number of thiophene rings is 1. The number of hydrogen-bond acceptors (Lipinski definition) is 4. The van der Waals surface area contributed by atoms with Gasteiger partial charge < -0.3 is 15.0 Å². The van der Waals surface area contributed by atoms with E-state index in [1.807, 2.05) is 35.7 Å². The minimum absolute atomic E-state index is 0.0889. The zero-order valence-electron chi connectivity index (χ0n) is 15.1. The molecule has 0 fully saturated rings. The average Bonchev–Trinajstić information content (AvgIpc) is 3.23. The monoisotopic (exact) mass is 380 g/mol. The number of methoxy groups -OCH3 is 1. The van der Waals surface area contributed by atoms with Crippen LogP contribution >= 0.6 is 11.3 Å². The van der Waals surface area contributed by atoms with Gasteiger partial charge in [-0.25, -0.2) is 0 Å². The summed E-state index contributed by atoms with van der Waals surface area (Å²) in [6.07, 6.45) is 0. The van der Waals surface area contributed by atoms with Crippen molar-refractivity contribution in [3.8, 4) is 5.75 Å². The van der Waals surface area contributed by atoms with E-state index in [4.69, 9.17) is 4.74 Å². The van der Waals surface area contributed by atoms with Crippen molar-refractivity contribution in [1.29, 1.82) is 0 Å². The van der Waals surface area contributed by atoms with Crippen LogP contribution in [-0.2, 0) is 6.54 Å². The van der Waals surface area contributed by atoms with Gasteiger partial charge in [-0.1, -0.05) is 18.2 Å². The highest BCUT2D eigenvalue weighted by atomic mass is 32.1. The van der Waals surface area contributed by atoms with Crippen LogP contribution in [0.2, 0.25) is 0 Å². The minimum atomic E-state index is -0.154. The van der Waals surface area contributed by atoms with Crippen LogP contribution in [0.4, 0.5) is 5.69 Å². The molecule has 1 N–H and O–H groups in total. The average molecular weight is 380 g/mol. The summed E-state index contributed by atoms with van der Waals surface area (Å²) in [5.41, 5.74) is 2.21. The first kappa shape index (κ1) is 18.7. The maximum atomic E-state index is 12.6. The Balaban J connectivity index is 1.63. The summed E-state index contributed by atoms with van der Waals surface area (Å²) in [6, 6.07) is 18.1. The van der Waals surface area contributed by atoms with Gasteiger partial charge in [0.2, 0.25) is 0 Å². The lowest BCUT2D eigenvalue weighted by atomic mass is 10.1. The smallest absolute Gasteiger partial charge is 0.265 e. The predicted molar refractivity (Wildman–Crippen MR) is 108 cm³/mol. The second-order valence-electron chi connectivity index (χ2n) is 6.02. The summed E-state index contributed by atoms with van der Waals surface area (Å²) in [6.45, 7) is 0.479. The van der Waals surface area contributed by atoms with Crippen molar-refractivity contribution in [2.75, 3.05) is 19.5 Å². The number of anilines is 1. The molecule has 3 aromatic rings. The van der Waals surface area contributed by atoms with Gasteiger partial charge in [0.1, 0.15) is 5.75 Å². The van der Waals surface area contributed by atoms with Crippen LogP contribution in [0.3, 0.4) is 0 Å². The maximum Gasteiger partial charge on any atom is 0.265 e. The van der Waals surface area contributed by atoms with Crippen LogP contribution in [0, 0.1) is 0 Å². The Morgan fingerprint density at radius 2 is 1.85 bits per heavy atom. The van der Waals surface area contributed by atoms with E-state index in [1.165, 1.54) is 11.3 Å². The van der Waals surface area contributed by atoms with Crippen LogP contribution in [0.15, 0.2) is 66.0 Å². The van der Waals surface area contributed by atoms with Gasteiger partial charge in [0.05, 0.1) is 12.0 Å². The van der Waals surface area contributed by atoms with Crippen molar-refractivity contribution in [2.24, 2.45) is 0 Å². The molecule has 0 aliphatic rings. The molecule has 2 aromatic carbocycles. The van der Waals surface area contributed by atoms with E-state index < -0.39 is 0 Å². The number of rotatable bonds is 6. The molecule has 138 valence electrons. The Labute approximate surface area is 162 Å². The van der Waals surface area contributed by atoms with Gasteiger partial charge in [-0.3, -0.25) is 9.59 Å². The summed E-state index contributed by atoms with van der Waals surface area (Å²) in [5, 5.41) is 4.68. The normalized spacial score (nSPS) is 10.3. The van der Waals surface area contributed by atoms with Crippen molar-refractivity contribution in [2.45, 2.75) is 6.54 Å². The lowest BCUT2D eigenvalue weighted by molar-refractivity contribution is 0.0785. The molecule has 0 saturated carbocycles. The van der Waals surface area contributed by atoms with Gasteiger partial charge in [-0.15, -0.1) is 11.3 Å². The minimum Gasteiger partial charge on any atom is -0.497 e. The van der Waals surface area contributed by atoms with E-state index in [0.29, 0.717) is 22.7 Å². The second-order valence-corrected chi connectivity index (χ2v) is 6.97. The third kappa shape index (κ3) is 4.74. The van der Waals surface area contributed by atoms with Gasteiger partial charge in [-0.05, 0) is 53.4 Å². The van der Waals surface area contributed by atoms with Crippen LogP contribution < -0.4 is 10.1 Å². The summed E-state index contributed by atoms with van der Waals surface area (Å²) in [7, 11) is 3.38. The number of carbonyl (C=O) groups is 2. The molecule has 0 atom stereocenters. The Kier molecular flexibility index (Phi) is 5.88. The largest absolute Gasteiger partial charge is 0.497 e. The maximum absolute atomic E-state index is 12.6. The number of nitrogens with zero attached hydrogens (tertiary/aromatic N) is 1. The topological polar surface area (TPSA) is 58.6 Å². The first-order chi connectivity index (χ1) is 13.1. The van der Waals surface area contributed by atoms with Crippen LogP contribution in [0.25, 0.3) is 0 Å². The molecule has 0 bridgehead atoms. The Morgan fingerprint density at radius 1 is 1.07 bits per heavy atom. The summed E-state index contributed by atoms with van der Waals surface area (Å²) in [4.78, 5) is 27.0. The van der Waals surface area contributed by atoms with E-state index in [2.05, 4.69) is 5.32 Å². The molecule has 0 spiro atoms. The standard InChI is InChI=1S/C21H20N2O3S/c1-23(14-15-5-3-6-18(13-15)26-2)21(25)16-8-10-17(11-9-16)22-20(24)19-7-4-12-27-19/h3-13H,14H2,1-2H3,(H,22,24). The molecule has 0 saturated heterocycles.